The topological polar surface area (TPSA) is 46.5 Å². The molecule has 0 aromatic carbocycles. The summed E-state index contributed by atoms with van der Waals surface area (Å²) in [6.07, 6.45) is 0.105. The molecule has 0 saturated heterocycles. The predicted octanol–water partition coefficient (Wildman–Crippen LogP) is 1.67. The first-order chi connectivity index (χ1) is 4.27. The second-order valence-corrected chi connectivity index (χ2v) is 0.866. The van der Waals surface area contributed by atoms with E-state index in [0.717, 1.165) is 0 Å². The average Bonchev–Trinajstić information content (AvgIpc) is 1.88. The third kappa shape index (κ3) is 20.1. The second kappa shape index (κ2) is 9.89. The number of hydrogen-bond donors (Lipinski definition) is 1. The van der Waals surface area contributed by atoms with Crippen molar-refractivity contribution in [2.24, 2.45) is 0 Å². The summed E-state index contributed by atoms with van der Waals surface area (Å²) >= 11 is 0. The maximum Gasteiger partial charge on any atom is 0.506 e. The monoisotopic (exact) mass is 130 g/mol. The Hall–Kier alpha value is -1.25. The van der Waals surface area contributed by atoms with Gasteiger partial charge in [0.2, 0.25) is 0 Å². The second-order valence-electron chi connectivity index (χ2n) is 0.866. The molecule has 0 aliphatic carbocycles. The Kier molecular flexibility index (Phi) is 11.7. The molecule has 0 radical (unpaired) electrons. The van der Waals surface area contributed by atoms with Crippen LogP contribution in [0.5, 0.6) is 0 Å². The summed E-state index contributed by atoms with van der Waals surface area (Å²) < 4.78 is 3.99. The Morgan fingerprint density at radius 3 is 2.22 bits per heavy atom. The molecule has 9 heavy (non-hydrogen) atoms. The molecule has 0 amide bonds. The first-order valence-corrected chi connectivity index (χ1v) is 2.24. The molecule has 0 unspecified atom stereocenters. The van der Waals surface area contributed by atoms with Gasteiger partial charge in [-0.3, -0.25) is 0 Å². The van der Waals surface area contributed by atoms with E-state index in [1.54, 1.807) is 0 Å². The summed E-state index contributed by atoms with van der Waals surface area (Å²) in [5.41, 5.74) is 0. The number of carbonyl (C=O) groups is 1. The van der Waals surface area contributed by atoms with E-state index in [1.807, 2.05) is 0 Å². The predicted molar refractivity (Wildman–Crippen MR) is 35.4 cm³/mol. The molecule has 0 aromatic rings. The Labute approximate surface area is 54.3 Å². The van der Waals surface area contributed by atoms with E-state index >= 15 is 0 Å². The van der Waals surface area contributed by atoms with Gasteiger partial charge in [-0.15, -0.1) is 13.2 Å². The molecule has 0 fully saturated rings. The summed E-state index contributed by atoms with van der Waals surface area (Å²) in [5, 5.41) is 7.77. The van der Waals surface area contributed by atoms with Gasteiger partial charge in [-0.05, 0) is 0 Å². The average molecular weight is 130 g/mol. The minimum atomic E-state index is -1.26. The number of rotatable bonds is 2. The number of carboxylic acid groups (broad SMARTS) is 1. The van der Waals surface area contributed by atoms with Crippen molar-refractivity contribution in [2.45, 2.75) is 0 Å². The van der Waals surface area contributed by atoms with Gasteiger partial charge in [0, 0.05) is 0 Å². The lowest BCUT2D eigenvalue weighted by atomic mass is 10.7. The van der Waals surface area contributed by atoms with Crippen LogP contribution < -0.4 is 0 Å². The standard InChI is InChI=1S/C4H6O3.C2H4/c1-2-3-7-4(5)6;1-2/h2H,1,3H2,(H,5,6);1-2H2. The number of hydrogen-bond acceptors (Lipinski definition) is 2. The highest BCUT2D eigenvalue weighted by molar-refractivity contribution is 5.56. The molecule has 0 aromatic heterocycles. The zero-order valence-electron chi connectivity index (χ0n) is 5.17. The van der Waals surface area contributed by atoms with Crippen LogP contribution >= 0.6 is 0 Å². The lowest BCUT2D eigenvalue weighted by molar-refractivity contribution is 0.102. The van der Waals surface area contributed by atoms with Crippen LogP contribution in [-0.2, 0) is 4.74 Å². The molecule has 0 saturated carbocycles. The molecular weight excluding hydrogens is 120 g/mol. The maximum absolute atomic E-state index is 9.49. The third-order valence-corrected chi connectivity index (χ3v) is 0.325. The first-order valence-electron chi connectivity index (χ1n) is 2.24. The highest BCUT2D eigenvalue weighted by atomic mass is 16.7. The molecule has 3 nitrogen and oxygen atoms in total. The van der Waals surface area contributed by atoms with Crippen LogP contribution in [-0.4, -0.2) is 17.9 Å². The van der Waals surface area contributed by atoms with E-state index in [1.165, 1.54) is 6.08 Å². The summed E-state index contributed by atoms with van der Waals surface area (Å²) in [4.78, 5) is 9.49. The van der Waals surface area contributed by atoms with Gasteiger partial charge in [-0.1, -0.05) is 12.7 Å². The van der Waals surface area contributed by atoms with E-state index < -0.39 is 6.16 Å². The van der Waals surface area contributed by atoms with Crippen molar-refractivity contribution in [1.82, 2.24) is 0 Å². The quantitative estimate of drug-likeness (QED) is 0.456. The minimum absolute atomic E-state index is 0.0648. The molecule has 52 valence electrons. The molecule has 1 N–H and O–H groups in total. The fourth-order valence-corrected chi connectivity index (χ4v) is 0.130. The SMILES string of the molecule is C=C.C=CCOC(=O)O. The molecule has 0 aliphatic heterocycles. The molecular formula is C6H10O3. The van der Waals surface area contributed by atoms with Crippen molar-refractivity contribution in [3.05, 3.63) is 25.8 Å². The van der Waals surface area contributed by atoms with E-state index in [4.69, 9.17) is 5.11 Å². The fraction of sp³-hybridized carbons (Fsp3) is 0.167. The summed E-state index contributed by atoms with van der Waals surface area (Å²) in [5.74, 6) is 0. The highest BCUT2D eigenvalue weighted by Gasteiger charge is 1.87. The van der Waals surface area contributed by atoms with E-state index in [0.29, 0.717) is 0 Å². The Morgan fingerprint density at radius 1 is 1.67 bits per heavy atom. The lowest BCUT2D eigenvalue weighted by Gasteiger charge is -1.88. The van der Waals surface area contributed by atoms with Gasteiger partial charge in [0.1, 0.15) is 6.61 Å². The van der Waals surface area contributed by atoms with Gasteiger partial charge < -0.3 is 9.84 Å². The van der Waals surface area contributed by atoms with Crippen molar-refractivity contribution in [1.29, 1.82) is 0 Å². The lowest BCUT2D eigenvalue weighted by Crippen LogP contribution is -1.98. The zero-order chi connectivity index (χ0) is 7.70. The largest absolute Gasteiger partial charge is 0.506 e. The third-order valence-electron chi connectivity index (χ3n) is 0.325. The van der Waals surface area contributed by atoms with Crippen molar-refractivity contribution in [3.8, 4) is 0 Å². The summed E-state index contributed by atoms with van der Waals surface area (Å²) in [6.45, 7) is 9.31. The number of ether oxygens (including phenoxy) is 1. The van der Waals surface area contributed by atoms with Gasteiger partial charge in [0.05, 0.1) is 0 Å². The van der Waals surface area contributed by atoms with E-state index in [-0.39, 0.29) is 6.61 Å². The van der Waals surface area contributed by atoms with Crippen molar-refractivity contribution >= 4 is 6.16 Å². The van der Waals surface area contributed by atoms with Crippen molar-refractivity contribution in [2.75, 3.05) is 6.61 Å². The van der Waals surface area contributed by atoms with Crippen LogP contribution in [0, 0.1) is 0 Å². The minimum Gasteiger partial charge on any atom is -0.450 e. The van der Waals surface area contributed by atoms with Crippen LogP contribution in [0.2, 0.25) is 0 Å². The maximum atomic E-state index is 9.49. The van der Waals surface area contributed by atoms with Gasteiger partial charge >= 0.3 is 6.16 Å². The Balaban J connectivity index is 0. The van der Waals surface area contributed by atoms with Crippen molar-refractivity contribution < 1.29 is 14.6 Å². The molecule has 0 spiro atoms. The van der Waals surface area contributed by atoms with Crippen LogP contribution in [0.25, 0.3) is 0 Å². The molecule has 0 heterocycles. The molecule has 0 bridgehead atoms. The summed E-state index contributed by atoms with van der Waals surface area (Å²) in [6, 6.07) is 0. The van der Waals surface area contributed by atoms with Crippen LogP contribution in [0.1, 0.15) is 0 Å². The Bertz CT molecular complexity index is 88.3. The Morgan fingerprint density at radius 2 is 2.11 bits per heavy atom. The van der Waals surface area contributed by atoms with E-state index in [2.05, 4.69) is 24.5 Å². The van der Waals surface area contributed by atoms with Crippen LogP contribution in [0.3, 0.4) is 0 Å². The van der Waals surface area contributed by atoms with Crippen LogP contribution in [0.4, 0.5) is 4.79 Å². The van der Waals surface area contributed by atoms with Gasteiger partial charge in [-0.25, -0.2) is 4.79 Å². The molecule has 0 rings (SSSR count). The molecule has 3 heteroatoms. The van der Waals surface area contributed by atoms with Gasteiger partial charge in [-0.2, -0.15) is 0 Å². The van der Waals surface area contributed by atoms with E-state index in [9.17, 15) is 4.79 Å². The fourth-order valence-electron chi connectivity index (χ4n) is 0.130. The van der Waals surface area contributed by atoms with Crippen LogP contribution in [0.15, 0.2) is 25.8 Å². The van der Waals surface area contributed by atoms with Gasteiger partial charge in [0.15, 0.2) is 0 Å². The zero-order valence-corrected chi connectivity index (χ0v) is 5.17. The normalized spacial score (nSPS) is 6.22. The highest BCUT2D eigenvalue weighted by Crippen LogP contribution is 1.73. The van der Waals surface area contributed by atoms with Crippen molar-refractivity contribution in [3.63, 3.8) is 0 Å². The van der Waals surface area contributed by atoms with Gasteiger partial charge in [0.25, 0.3) is 0 Å². The first kappa shape index (κ1) is 10.7. The molecule has 0 atom stereocenters. The summed E-state index contributed by atoms with van der Waals surface area (Å²) in [7, 11) is 0. The molecule has 0 aliphatic rings. The smallest absolute Gasteiger partial charge is 0.450 e.